The normalized spacial score (nSPS) is 17.2. The molecule has 2 aromatic rings. The average molecular weight is 606 g/mol. The predicted octanol–water partition coefficient (Wildman–Crippen LogP) is 5.58. The molecule has 2 heterocycles. The van der Waals surface area contributed by atoms with E-state index in [2.05, 4.69) is 4.74 Å². The van der Waals surface area contributed by atoms with Crippen molar-refractivity contribution in [3.05, 3.63) is 52.7 Å². The Balaban J connectivity index is 1.49. The Morgan fingerprint density at radius 1 is 1.09 bits per heavy atom. The minimum absolute atomic E-state index is 0.116. The molecule has 1 saturated carbocycles. The van der Waals surface area contributed by atoms with Crippen LogP contribution in [0.4, 0.5) is 23.8 Å². The third kappa shape index (κ3) is 8.84. The molecule has 1 aromatic carbocycles. The lowest BCUT2D eigenvalue weighted by Crippen LogP contribution is -2.41. The molecule has 0 N–H and O–H groups in total. The van der Waals surface area contributed by atoms with Crippen LogP contribution >= 0.6 is 0 Å². The van der Waals surface area contributed by atoms with Crippen molar-refractivity contribution in [1.29, 1.82) is 0 Å². The second-order valence-electron chi connectivity index (χ2n) is 12.0. The highest BCUT2D eigenvalue weighted by Crippen LogP contribution is 2.42. The van der Waals surface area contributed by atoms with E-state index in [1.54, 1.807) is 52.1 Å². The summed E-state index contributed by atoms with van der Waals surface area (Å²) in [6.07, 6.45) is -2.73. The molecule has 1 atom stereocenters. The van der Waals surface area contributed by atoms with E-state index in [1.165, 1.54) is 12.0 Å². The molecule has 43 heavy (non-hydrogen) atoms. The molecule has 2 amide bonds. The fourth-order valence-electron chi connectivity index (χ4n) is 5.07. The van der Waals surface area contributed by atoms with Gasteiger partial charge in [-0.2, -0.15) is 13.2 Å². The van der Waals surface area contributed by atoms with Crippen LogP contribution < -0.4 is 9.64 Å². The average Bonchev–Trinajstić information content (AvgIpc) is 3.76. The molecule has 0 bridgehead atoms. The molecule has 2 aliphatic rings. The highest BCUT2D eigenvalue weighted by atomic mass is 19.4. The number of hydrogen-bond donors (Lipinski definition) is 0. The molecular weight excluding hydrogens is 567 g/mol. The monoisotopic (exact) mass is 605 g/mol. The fraction of sp³-hybridized carbons (Fsp3) is 0.548. The number of pyridine rings is 1. The Morgan fingerprint density at radius 2 is 1.81 bits per heavy atom. The molecule has 9 nitrogen and oxygen atoms in total. The first kappa shape index (κ1) is 32.1. The molecule has 234 valence electrons. The molecule has 1 aromatic heterocycles. The number of halogens is 3. The highest BCUT2D eigenvalue weighted by molar-refractivity contribution is 5.86. The molecule has 1 aliphatic heterocycles. The molecular formula is C31H38F3N3O6. The second-order valence-corrected chi connectivity index (χ2v) is 12.0. The van der Waals surface area contributed by atoms with Crippen molar-refractivity contribution in [2.45, 2.75) is 77.1 Å². The van der Waals surface area contributed by atoms with Crippen molar-refractivity contribution in [3.8, 4) is 5.75 Å². The maximum atomic E-state index is 13.3. The van der Waals surface area contributed by atoms with Crippen molar-refractivity contribution in [1.82, 2.24) is 9.88 Å². The number of fused-ring (bicyclic) bond motifs is 1. The van der Waals surface area contributed by atoms with Gasteiger partial charge in [0.15, 0.2) is 0 Å². The number of nitrogens with zero attached hydrogens (tertiary/aromatic N) is 3. The number of hydrogen-bond acceptors (Lipinski definition) is 7. The number of carbonyl (C=O) groups excluding carboxylic acids is 3. The van der Waals surface area contributed by atoms with E-state index in [-0.39, 0.29) is 26.0 Å². The van der Waals surface area contributed by atoms with Gasteiger partial charge >= 0.3 is 18.2 Å². The smallest absolute Gasteiger partial charge is 0.415 e. The summed E-state index contributed by atoms with van der Waals surface area (Å²) in [4.78, 5) is 44.3. The maximum Gasteiger partial charge on any atom is 0.415 e. The van der Waals surface area contributed by atoms with Crippen LogP contribution in [-0.2, 0) is 38.4 Å². The van der Waals surface area contributed by atoms with E-state index in [1.807, 2.05) is 6.07 Å². The second kappa shape index (κ2) is 12.8. The van der Waals surface area contributed by atoms with Gasteiger partial charge in [-0.1, -0.05) is 12.1 Å². The maximum absolute atomic E-state index is 13.3. The summed E-state index contributed by atoms with van der Waals surface area (Å²) in [5.41, 5.74) is 2.46. The summed E-state index contributed by atoms with van der Waals surface area (Å²) in [5.74, 6) is -1.05. The minimum atomic E-state index is -4.59. The van der Waals surface area contributed by atoms with Crippen LogP contribution in [0.2, 0.25) is 0 Å². The van der Waals surface area contributed by atoms with Gasteiger partial charge in [0, 0.05) is 25.7 Å². The predicted molar refractivity (Wildman–Crippen MR) is 152 cm³/mol. The highest BCUT2D eigenvalue weighted by Gasteiger charge is 2.38. The molecule has 0 unspecified atom stereocenters. The van der Waals surface area contributed by atoms with Crippen molar-refractivity contribution >= 4 is 23.8 Å². The van der Waals surface area contributed by atoms with Gasteiger partial charge in [-0.3, -0.25) is 14.5 Å². The first-order chi connectivity index (χ1) is 20.1. The standard InChI is InChI=1S/C31H38F3N3O6/c1-30(2,3)43-29(40)36(4)26-11-10-24(19-6-7-19)25(35-26)12-13-42-23-9-8-20-14-21(16-27(38)41-5)28(39)37(17-22(20)15-23)18-31(32,33)34/h8-11,15,19,21H,6-7,12-14,16-18H2,1-5H3/t21-/m0/s1. The van der Waals surface area contributed by atoms with Crippen LogP contribution in [-0.4, -0.2) is 66.9 Å². The third-order valence-electron chi connectivity index (χ3n) is 7.31. The lowest BCUT2D eigenvalue weighted by Gasteiger charge is -2.25. The van der Waals surface area contributed by atoms with Crippen LogP contribution in [0.3, 0.4) is 0 Å². The van der Waals surface area contributed by atoms with E-state index >= 15 is 0 Å². The molecule has 4 rings (SSSR count). The number of esters is 1. The zero-order valence-corrected chi connectivity index (χ0v) is 25.1. The largest absolute Gasteiger partial charge is 0.493 e. The topological polar surface area (TPSA) is 98.3 Å². The van der Waals surface area contributed by atoms with E-state index in [4.69, 9.17) is 14.5 Å². The lowest BCUT2D eigenvalue weighted by atomic mass is 9.94. The Morgan fingerprint density at radius 3 is 2.44 bits per heavy atom. The van der Waals surface area contributed by atoms with Gasteiger partial charge in [0.1, 0.15) is 23.7 Å². The number of carbonyl (C=O) groups is 3. The van der Waals surface area contributed by atoms with Crippen LogP contribution in [0.15, 0.2) is 30.3 Å². The van der Waals surface area contributed by atoms with Crippen LogP contribution in [0.25, 0.3) is 0 Å². The lowest BCUT2D eigenvalue weighted by molar-refractivity contribution is -0.165. The van der Waals surface area contributed by atoms with Crippen molar-refractivity contribution in [2.75, 3.05) is 32.2 Å². The van der Waals surface area contributed by atoms with Crippen molar-refractivity contribution in [2.24, 2.45) is 5.92 Å². The summed E-state index contributed by atoms with van der Waals surface area (Å²) < 4.78 is 56.1. The van der Waals surface area contributed by atoms with Gasteiger partial charge in [-0.05, 0) is 80.8 Å². The first-order valence-corrected chi connectivity index (χ1v) is 14.3. The van der Waals surface area contributed by atoms with E-state index in [0.29, 0.717) is 35.0 Å². The van der Waals surface area contributed by atoms with Gasteiger partial charge in [0.2, 0.25) is 5.91 Å². The fourth-order valence-corrected chi connectivity index (χ4v) is 5.07. The van der Waals surface area contributed by atoms with Gasteiger partial charge in [0.05, 0.1) is 26.1 Å². The van der Waals surface area contributed by atoms with E-state index < -0.39 is 42.2 Å². The summed E-state index contributed by atoms with van der Waals surface area (Å²) in [6.45, 7) is 3.94. The van der Waals surface area contributed by atoms with Crippen LogP contribution in [0.5, 0.6) is 5.75 Å². The zero-order valence-electron chi connectivity index (χ0n) is 25.1. The van der Waals surface area contributed by atoms with E-state index in [0.717, 1.165) is 29.0 Å². The zero-order chi connectivity index (χ0) is 31.5. The number of benzene rings is 1. The molecule has 0 spiro atoms. The number of aromatic nitrogens is 1. The van der Waals surface area contributed by atoms with Gasteiger partial charge in [0.25, 0.3) is 0 Å². The SMILES string of the molecule is COC(=O)C[C@@H]1Cc2ccc(OCCc3nc(N(C)C(=O)OC(C)(C)C)ccc3C3CC3)cc2CN(CC(F)(F)F)C1=O. The number of alkyl halides is 3. The molecule has 12 heteroatoms. The van der Waals surface area contributed by atoms with E-state index in [9.17, 15) is 27.6 Å². The first-order valence-electron chi connectivity index (χ1n) is 14.3. The summed E-state index contributed by atoms with van der Waals surface area (Å²) >= 11 is 0. The van der Waals surface area contributed by atoms with Crippen molar-refractivity contribution < 1.29 is 41.8 Å². The summed E-state index contributed by atoms with van der Waals surface area (Å²) in [5, 5.41) is 0. The van der Waals surface area contributed by atoms with Crippen LogP contribution in [0, 0.1) is 5.92 Å². The Hall–Kier alpha value is -3.83. The summed E-state index contributed by atoms with van der Waals surface area (Å²) in [6, 6.07) is 8.86. The molecule has 1 fully saturated rings. The number of amides is 2. The molecule has 0 saturated heterocycles. The van der Waals surface area contributed by atoms with Gasteiger partial charge in [-0.15, -0.1) is 0 Å². The third-order valence-corrected chi connectivity index (χ3v) is 7.31. The Bertz CT molecular complexity index is 1350. The number of rotatable bonds is 9. The number of anilines is 1. The number of ether oxygens (including phenoxy) is 3. The number of methoxy groups -OCH3 is 1. The van der Waals surface area contributed by atoms with Crippen molar-refractivity contribution in [3.63, 3.8) is 0 Å². The minimum Gasteiger partial charge on any atom is -0.493 e. The molecule has 0 radical (unpaired) electrons. The Labute approximate surface area is 249 Å². The van der Waals surface area contributed by atoms with Gasteiger partial charge in [-0.25, -0.2) is 9.78 Å². The van der Waals surface area contributed by atoms with Gasteiger partial charge < -0.3 is 19.1 Å². The quantitative estimate of drug-likeness (QED) is 0.345. The van der Waals surface area contributed by atoms with Crippen LogP contribution in [0.1, 0.15) is 68.3 Å². The Kier molecular flexibility index (Phi) is 9.56. The summed E-state index contributed by atoms with van der Waals surface area (Å²) in [7, 11) is 2.78. The molecule has 1 aliphatic carbocycles.